The number of rotatable bonds is 6. The van der Waals surface area contributed by atoms with Gasteiger partial charge in [-0.3, -0.25) is 5.84 Å². The molecule has 0 aromatic heterocycles. The van der Waals surface area contributed by atoms with Crippen LogP contribution in [0.2, 0.25) is 0 Å². The van der Waals surface area contributed by atoms with Crippen LogP contribution in [-0.2, 0) is 5.41 Å². The Morgan fingerprint density at radius 3 is 2.37 bits per heavy atom. The van der Waals surface area contributed by atoms with Gasteiger partial charge in [0, 0.05) is 12.0 Å². The molecule has 0 aliphatic rings. The number of aryl methyl sites for hydroxylation is 1. The van der Waals surface area contributed by atoms with Crippen LogP contribution in [0.4, 0.5) is 0 Å². The summed E-state index contributed by atoms with van der Waals surface area (Å²) in [6.45, 7) is 12.3. The van der Waals surface area contributed by atoms with Crippen LogP contribution in [-0.4, -0.2) is 20.3 Å². The zero-order chi connectivity index (χ0) is 14.6. The Bertz CT molecular complexity index is 442. The van der Waals surface area contributed by atoms with Crippen LogP contribution in [0.1, 0.15) is 36.1 Å². The lowest BCUT2D eigenvalue weighted by Gasteiger charge is -2.29. The van der Waals surface area contributed by atoms with Gasteiger partial charge in [0.2, 0.25) is 0 Å². The molecule has 0 unspecified atom stereocenters. The molecule has 0 amide bonds. The zero-order valence-corrected chi connectivity index (χ0v) is 13.0. The highest BCUT2D eigenvalue weighted by molar-refractivity contribution is 5.51. The van der Waals surface area contributed by atoms with E-state index in [-0.39, 0.29) is 5.41 Å². The third kappa shape index (κ3) is 3.47. The minimum atomic E-state index is 0.0444. The molecule has 0 atom stereocenters. The minimum absolute atomic E-state index is 0.0444. The number of nitrogens with two attached hydrogens (primary N) is 1. The minimum Gasteiger partial charge on any atom is -0.496 e. The molecule has 0 heterocycles. The summed E-state index contributed by atoms with van der Waals surface area (Å²) in [6.07, 6.45) is 0. The fraction of sp³-hybridized carbons (Fsp3) is 0.600. The summed E-state index contributed by atoms with van der Waals surface area (Å²) in [4.78, 5) is 0. The van der Waals surface area contributed by atoms with Crippen LogP contribution in [0.25, 0.3) is 0 Å². The summed E-state index contributed by atoms with van der Waals surface area (Å²) in [5, 5.41) is 3.30. The highest BCUT2D eigenvalue weighted by Gasteiger charge is 2.24. The van der Waals surface area contributed by atoms with Gasteiger partial charge in [-0.05, 0) is 43.0 Å². The van der Waals surface area contributed by atoms with Gasteiger partial charge in [0.25, 0.3) is 0 Å². The monoisotopic (exact) mass is 265 g/mol. The molecule has 0 fully saturated rings. The van der Waals surface area contributed by atoms with E-state index in [1.54, 1.807) is 7.11 Å². The van der Waals surface area contributed by atoms with E-state index >= 15 is 0 Å². The number of methoxy groups -OCH3 is 1. The highest BCUT2D eigenvalue weighted by Crippen LogP contribution is 2.34. The van der Waals surface area contributed by atoms with Crippen molar-refractivity contribution in [1.82, 2.24) is 10.7 Å². The Kier molecular flexibility index (Phi) is 5.35. The third-order valence-electron chi connectivity index (χ3n) is 3.75. The number of hydrazine groups is 1. The van der Waals surface area contributed by atoms with Crippen LogP contribution < -0.4 is 21.3 Å². The molecule has 4 heteroatoms. The van der Waals surface area contributed by atoms with Gasteiger partial charge in [-0.25, -0.2) is 5.43 Å². The van der Waals surface area contributed by atoms with Crippen LogP contribution in [0.5, 0.6) is 5.75 Å². The van der Waals surface area contributed by atoms with Crippen molar-refractivity contribution >= 4 is 0 Å². The summed E-state index contributed by atoms with van der Waals surface area (Å²) < 4.78 is 5.48. The summed E-state index contributed by atoms with van der Waals surface area (Å²) in [7, 11) is 1.73. The molecule has 4 N–H and O–H groups in total. The molecule has 0 radical (unpaired) electrons. The molecule has 0 spiro atoms. The van der Waals surface area contributed by atoms with E-state index < -0.39 is 0 Å². The van der Waals surface area contributed by atoms with E-state index in [9.17, 15) is 0 Å². The lowest BCUT2D eigenvalue weighted by molar-refractivity contribution is 0.405. The van der Waals surface area contributed by atoms with Crippen molar-refractivity contribution in [2.75, 3.05) is 20.3 Å². The maximum Gasteiger partial charge on any atom is 0.124 e. The van der Waals surface area contributed by atoms with Gasteiger partial charge < -0.3 is 10.1 Å². The van der Waals surface area contributed by atoms with Gasteiger partial charge >= 0.3 is 0 Å². The largest absolute Gasteiger partial charge is 0.496 e. The normalized spacial score (nSPS) is 11.7. The van der Waals surface area contributed by atoms with Crippen molar-refractivity contribution in [2.24, 2.45) is 5.84 Å². The number of benzene rings is 1. The summed E-state index contributed by atoms with van der Waals surface area (Å²) >= 11 is 0. The second-order valence-electron chi connectivity index (χ2n) is 5.72. The molecule has 0 aliphatic carbocycles. The summed E-state index contributed by atoms with van der Waals surface area (Å²) in [5.41, 5.74) is 7.73. The van der Waals surface area contributed by atoms with E-state index in [1.165, 1.54) is 22.3 Å². The van der Waals surface area contributed by atoms with Crippen LogP contribution in [0.3, 0.4) is 0 Å². The summed E-state index contributed by atoms with van der Waals surface area (Å²) in [6, 6.07) is 2.23. The molecular weight excluding hydrogens is 238 g/mol. The Labute approximate surface area is 116 Å². The fourth-order valence-corrected chi connectivity index (χ4v) is 2.62. The molecule has 0 saturated carbocycles. The molecule has 1 aromatic rings. The first-order valence-corrected chi connectivity index (χ1v) is 6.64. The van der Waals surface area contributed by atoms with E-state index in [4.69, 9.17) is 10.6 Å². The lowest BCUT2D eigenvalue weighted by atomic mass is 9.79. The van der Waals surface area contributed by atoms with E-state index in [0.29, 0.717) is 6.67 Å². The molecule has 1 rings (SSSR count). The fourth-order valence-electron chi connectivity index (χ4n) is 2.62. The Morgan fingerprint density at radius 2 is 1.84 bits per heavy atom. The van der Waals surface area contributed by atoms with Crippen molar-refractivity contribution in [2.45, 2.75) is 40.0 Å². The highest BCUT2D eigenvalue weighted by atomic mass is 16.5. The molecule has 4 nitrogen and oxygen atoms in total. The van der Waals surface area contributed by atoms with Gasteiger partial charge in [0.1, 0.15) is 5.75 Å². The SMILES string of the molecule is COc1c(C)cc(C(C)(C)CNCNN)c(C)c1C. The maximum atomic E-state index is 5.48. The van der Waals surface area contributed by atoms with Gasteiger partial charge in [0.15, 0.2) is 0 Å². The smallest absolute Gasteiger partial charge is 0.124 e. The average Bonchev–Trinajstić information content (AvgIpc) is 2.34. The molecule has 1 aromatic carbocycles. The first-order chi connectivity index (χ1) is 8.85. The standard InChI is InChI=1S/C15H27N3O/c1-10-7-13(11(2)12(3)14(10)19-6)15(4,5)8-17-9-18-16/h7,17-18H,8-9,16H2,1-6H3. The van der Waals surface area contributed by atoms with Crippen molar-refractivity contribution < 1.29 is 4.74 Å². The predicted octanol–water partition coefficient (Wildman–Crippen LogP) is 1.91. The first-order valence-electron chi connectivity index (χ1n) is 6.64. The Hall–Kier alpha value is -1.10. The van der Waals surface area contributed by atoms with Crippen LogP contribution in [0, 0.1) is 20.8 Å². The molecular formula is C15H27N3O. The topological polar surface area (TPSA) is 59.3 Å². The third-order valence-corrected chi connectivity index (χ3v) is 3.75. The molecule has 108 valence electrons. The maximum absolute atomic E-state index is 5.48. The van der Waals surface area contributed by atoms with Gasteiger partial charge in [-0.1, -0.05) is 19.9 Å². The second-order valence-corrected chi connectivity index (χ2v) is 5.72. The zero-order valence-electron chi connectivity index (χ0n) is 13.0. The van der Waals surface area contributed by atoms with Gasteiger partial charge in [-0.2, -0.15) is 0 Å². The Balaban J connectivity index is 3.13. The molecule has 0 saturated heterocycles. The van der Waals surface area contributed by atoms with Crippen molar-refractivity contribution in [1.29, 1.82) is 0 Å². The van der Waals surface area contributed by atoms with E-state index in [2.05, 4.69) is 51.4 Å². The molecule has 0 bridgehead atoms. The van der Waals surface area contributed by atoms with E-state index in [1.807, 2.05) is 0 Å². The quantitative estimate of drug-likeness (QED) is 0.318. The predicted molar refractivity (Wildman–Crippen MR) is 80.4 cm³/mol. The second kappa shape index (κ2) is 6.37. The van der Waals surface area contributed by atoms with Crippen molar-refractivity contribution in [3.63, 3.8) is 0 Å². The molecule has 0 aliphatic heterocycles. The van der Waals surface area contributed by atoms with Crippen LogP contribution in [0.15, 0.2) is 6.07 Å². The number of hydrogen-bond acceptors (Lipinski definition) is 4. The first kappa shape index (κ1) is 16.0. The Morgan fingerprint density at radius 1 is 1.21 bits per heavy atom. The van der Waals surface area contributed by atoms with Crippen LogP contribution >= 0.6 is 0 Å². The number of ether oxygens (including phenoxy) is 1. The van der Waals surface area contributed by atoms with Gasteiger partial charge in [-0.15, -0.1) is 0 Å². The molecule has 19 heavy (non-hydrogen) atoms. The van der Waals surface area contributed by atoms with Gasteiger partial charge in [0.05, 0.1) is 13.8 Å². The number of hydrogen-bond donors (Lipinski definition) is 3. The summed E-state index contributed by atoms with van der Waals surface area (Å²) in [5.74, 6) is 6.28. The van der Waals surface area contributed by atoms with Crippen molar-refractivity contribution in [3.05, 3.63) is 28.3 Å². The van der Waals surface area contributed by atoms with E-state index in [0.717, 1.165) is 12.3 Å². The lowest BCUT2D eigenvalue weighted by Crippen LogP contribution is -2.40. The average molecular weight is 265 g/mol. The number of nitrogens with one attached hydrogen (secondary N) is 2. The van der Waals surface area contributed by atoms with Crippen molar-refractivity contribution in [3.8, 4) is 5.75 Å².